The predicted molar refractivity (Wildman–Crippen MR) is 69.3 cm³/mol. The number of aliphatic carboxylic acids is 1. The van der Waals surface area contributed by atoms with E-state index in [9.17, 15) is 4.79 Å². The van der Waals surface area contributed by atoms with Crippen molar-refractivity contribution in [2.45, 2.75) is 44.9 Å². The first kappa shape index (κ1) is 14.5. The molecule has 0 saturated carbocycles. The number of unbranched alkanes of at least 4 members (excludes halogenated alkanes) is 2. The van der Waals surface area contributed by atoms with E-state index in [-0.39, 0.29) is 0 Å². The fraction of sp³-hybridized carbons (Fsp3) is 0.923. The molecule has 0 atom stereocenters. The highest BCUT2D eigenvalue weighted by molar-refractivity contribution is 5.66. The van der Waals surface area contributed by atoms with E-state index < -0.39 is 5.97 Å². The third-order valence-electron chi connectivity index (χ3n) is 3.30. The molecular formula is C13H26N2O2. The zero-order chi connectivity index (χ0) is 12.3. The minimum atomic E-state index is -0.678. The smallest absolute Gasteiger partial charge is 0.303 e. The quantitative estimate of drug-likeness (QED) is 0.604. The van der Waals surface area contributed by atoms with Gasteiger partial charge >= 0.3 is 5.97 Å². The fourth-order valence-corrected chi connectivity index (χ4v) is 2.25. The highest BCUT2D eigenvalue weighted by atomic mass is 16.4. The van der Waals surface area contributed by atoms with E-state index in [4.69, 9.17) is 5.11 Å². The van der Waals surface area contributed by atoms with Gasteiger partial charge in [-0.3, -0.25) is 4.79 Å². The van der Waals surface area contributed by atoms with E-state index in [1.165, 1.54) is 32.4 Å². The third kappa shape index (κ3) is 8.16. The number of carboxylic acids is 1. The van der Waals surface area contributed by atoms with E-state index in [1.807, 2.05) is 0 Å². The monoisotopic (exact) mass is 242 g/mol. The number of hydrogen-bond acceptors (Lipinski definition) is 3. The van der Waals surface area contributed by atoms with Crippen molar-refractivity contribution in [3.05, 3.63) is 0 Å². The van der Waals surface area contributed by atoms with Crippen LogP contribution in [0, 0.1) is 0 Å². The molecule has 1 rings (SSSR count). The maximum atomic E-state index is 10.3. The molecule has 100 valence electrons. The number of likely N-dealkylation sites (tertiary alicyclic amines) is 1. The number of hydrogen-bond donors (Lipinski definition) is 2. The second-order valence-corrected chi connectivity index (χ2v) is 4.86. The van der Waals surface area contributed by atoms with Gasteiger partial charge in [0.15, 0.2) is 0 Å². The zero-order valence-electron chi connectivity index (χ0n) is 10.8. The van der Waals surface area contributed by atoms with Gasteiger partial charge in [-0.25, -0.2) is 0 Å². The van der Waals surface area contributed by atoms with Crippen molar-refractivity contribution in [1.82, 2.24) is 10.2 Å². The second-order valence-electron chi connectivity index (χ2n) is 4.86. The van der Waals surface area contributed by atoms with Crippen molar-refractivity contribution >= 4 is 5.97 Å². The normalized spacial score (nSPS) is 17.2. The summed E-state index contributed by atoms with van der Waals surface area (Å²) in [4.78, 5) is 12.8. The molecule has 17 heavy (non-hydrogen) atoms. The minimum Gasteiger partial charge on any atom is -0.481 e. The average molecular weight is 242 g/mol. The summed E-state index contributed by atoms with van der Waals surface area (Å²) in [6.07, 6.45) is 7.34. The molecule has 0 aliphatic carbocycles. The van der Waals surface area contributed by atoms with Crippen molar-refractivity contribution in [3.63, 3.8) is 0 Å². The lowest BCUT2D eigenvalue weighted by Crippen LogP contribution is -2.36. The van der Waals surface area contributed by atoms with Gasteiger partial charge < -0.3 is 15.3 Å². The van der Waals surface area contributed by atoms with Crippen LogP contribution >= 0.6 is 0 Å². The van der Waals surface area contributed by atoms with E-state index in [0.29, 0.717) is 6.42 Å². The van der Waals surface area contributed by atoms with Gasteiger partial charge in [-0.1, -0.05) is 12.8 Å². The molecule has 0 radical (unpaired) electrons. The van der Waals surface area contributed by atoms with Crippen LogP contribution in [-0.2, 0) is 4.79 Å². The van der Waals surface area contributed by atoms with Gasteiger partial charge in [0.05, 0.1) is 0 Å². The molecule has 0 aromatic carbocycles. The van der Waals surface area contributed by atoms with Crippen molar-refractivity contribution in [2.24, 2.45) is 0 Å². The molecular weight excluding hydrogens is 216 g/mol. The van der Waals surface area contributed by atoms with E-state index in [2.05, 4.69) is 10.2 Å². The lowest BCUT2D eigenvalue weighted by molar-refractivity contribution is -0.137. The van der Waals surface area contributed by atoms with Gasteiger partial charge in [-0.15, -0.1) is 0 Å². The SMILES string of the molecule is O=C(O)CCCCCNCCN1CCCCC1. The molecule has 1 saturated heterocycles. The Morgan fingerprint density at radius 3 is 2.53 bits per heavy atom. The maximum Gasteiger partial charge on any atom is 0.303 e. The Morgan fingerprint density at radius 1 is 1.06 bits per heavy atom. The van der Waals surface area contributed by atoms with Crippen molar-refractivity contribution in [1.29, 1.82) is 0 Å². The molecule has 0 spiro atoms. The average Bonchev–Trinajstić information content (AvgIpc) is 2.33. The first-order chi connectivity index (χ1) is 8.29. The number of nitrogens with zero attached hydrogens (tertiary/aromatic N) is 1. The molecule has 2 N–H and O–H groups in total. The molecule has 0 aromatic heterocycles. The van der Waals surface area contributed by atoms with Crippen LogP contribution in [0.4, 0.5) is 0 Å². The van der Waals surface area contributed by atoms with Crippen LogP contribution < -0.4 is 5.32 Å². The van der Waals surface area contributed by atoms with Crippen LogP contribution in [0.2, 0.25) is 0 Å². The van der Waals surface area contributed by atoms with Crippen LogP contribution in [-0.4, -0.2) is 48.7 Å². The highest BCUT2D eigenvalue weighted by Crippen LogP contribution is 2.07. The van der Waals surface area contributed by atoms with Crippen LogP contribution in [0.3, 0.4) is 0 Å². The number of carbonyl (C=O) groups is 1. The largest absolute Gasteiger partial charge is 0.481 e. The van der Waals surface area contributed by atoms with Crippen LogP contribution in [0.25, 0.3) is 0 Å². The van der Waals surface area contributed by atoms with Gasteiger partial charge in [0.25, 0.3) is 0 Å². The molecule has 1 fully saturated rings. The van der Waals surface area contributed by atoms with Crippen LogP contribution in [0.15, 0.2) is 0 Å². The fourth-order valence-electron chi connectivity index (χ4n) is 2.25. The van der Waals surface area contributed by atoms with Crippen LogP contribution in [0.1, 0.15) is 44.9 Å². The third-order valence-corrected chi connectivity index (χ3v) is 3.30. The van der Waals surface area contributed by atoms with Gasteiger partial charge in [0.1, 0.15) is 0 Å². The molecule has 0 unspecified atom stereocenters. The lowest BCUT2D eigenvalue weighted by Gasteiger charge is -2.26. The summed E-state index contributed by atoms with van der Waals surface area (Å²) in [5.74, 6) is -0.678. The van der Waals surface area contributed by atoms with Gasteiger partial charge in [0, 0.05) is 19.5 Å². The Kier molecular flexibility index (Phi) is 8.01. The van der Waals surface area contributed by atoms with Gasteiger partial charge in [-0.2, -0.15) is 0 Å². The van der Waals surface area contributed by atoms with E-state index >= 15 is 0 Å². The summed E-state index contributed by atoms with van der Waals surface area (Å²) in [6.45, 7) is 5.78. The molecule has 4 nitrogen and oxygen atoms in total. The standard InChI is InChI=1S/C13H26N2O2/c16-13(17)7-3-1-4-8-14-9-12-15-10-5-2-6-11-15/h14H,1-12H2,(H,16,17). The molecule has 0 aromatic rings. The summed E-state index contributed by atoms with van der Waals surface area (Å²) in [5, 5.41) is 11.9. The summed E-state index contributed by atoms with van der Waals surface area (Å²) < 4.78 is 0. The number of carboxylic acid groups (broad SMARTS) is 1. The minimum absolute atomic E-state index is 0.313. The number of rotatable bonds is 9. The summed E-state index contributed by atoms with van der Waals surface area (Å²) in [6, 6.07) is 0. The lowest BCUT2D eigenvalue weighted by atomic mass is 10.1. The molecule has 1 heterocycles. The molecule has 0 amide bonds. The van der Waals surface area contributed by atoms with E-state index in [1.54, 1.807) is 0 Å². The van der Waals surface area contributed by atoms with Crippen molar-refractivity contribution in [3.8, 4) is 0 Å². The van der Waals surface area contributed by atoms with Gasteiger partial charge in [-0.05, 0) is 45.3 Å². The Morgan fingerprint density at radius 2 is 1.82 bits per heavy atom. The Balaban J connectivity index is 1.79. The Bertz CT molecular complexity index is 204. The number of piperidine rings is 1. The van der Waals surface area contributed by atoms with Crippen molar-refractivity contribution in [2.75, 3.05) is 32.7 Å². The highest BCUT2D eigenvalue weighted by Gasteiger charge is 2.08. The zero-order valence-corrected chi connectivity index (χ0v) is 10.8. The summed E-state index contributed by atoms with van der Waals surface area (Å²) >= 11 is 0. The van der Waals surface area contributed by atoms with Gasteiger partial charge in [0.2, 0.25) is 0 Å². The Labute approximate surface area is 104 Å². The van der Waals surface area contributed by atoms with Crippen LogP contribution in [0.5, 0.6) is 0 Å². The predicted octanol–water partition coefficient (Wildman–Crippen LogP) is 1.71. The second kappa shape index (κ2) is 9.42. The van der Waals surface area contributed by atoms with E-state index in [0.717, 1.165) is 38.9 Å². The topological polar surface area (TPSA) is 52.6 Å². The molecule has 1 aliphatic heterocycles. The first-order valence-corrected chi connectivity index (χ1v) is 6.94. The number of nitrogens with one attached hydrogen (secondary N) is 1. The summed E-state index contributed by atoms with van der Waals surface area (Å²) in [5.41, 5.74) is 0. The summed E-state index contributed by atoms with van der Waals surface area (Å²) in [7, 11) is 0. The molecule has 4 heteroatoms. The maximum absolute atomic E-state index is 10.3. The van der Waals surface area contributed by atoms with Crippen molar-refractivity contribution < 1.29 is 9.90 Å². The molecule has 0 bridgehead atoms. The molecule has 1 aliphatic rings. The Hall–Kier alpha value is -0.610. The first-order valence-electron chi connectivity index (χ1n) is 6.94.